The summed E-state index contributed by atoms with van der Waals surface area (Å²) in [5.74, 6) is -0.987. The Morgan fingerprint density at radius 2 is 1.88 bits per heavy atom. The van der Waals surface area contributed by atoms with Crippen LogP contribution in [0.15, 0.2) is 0 Å². The van der Waals surface area contributed by atoms with Crippen molar-refractivity contribution in [2.45, 2.75) is 30.1 Å². The number of aliphatic hydroxyl groups is 4. The van der Waals surface area contributed by atoms with E-state index in [1.165, 1.54) is 0 Å². The van der Waals surface area contributed by atoms with Gasteiger partial charge in [0.05, 0.1) is 6.61 Å². The molecule has 9 nitrogen and oxygen atoms in total. The largest absolute Gasteiger partial charge is 0.394 e. The average molecular weight is 248 g/mol. The van der Waals surface area contributed by atoms with Crippen LogP contribution in [0.1, 0.15) is 0 Å². The van der Waals surface area contributed by atoms with E-state index in [0.717, 1.165) is 0 Å². The molecule has 2 heterocycles. The maximum Gasteiger partial charge on any atom is 0.324 e. The van der Waals surface area contributed by atoms with Crippen LogP contribution in [0.2, 0.25) is 0 Å². The van der Waals surface area contributed by atoms with Gasteiger partial charge in [0.25, 0.3) is 11.6 Å². The van der Waals surface area contributed by atoms with Gasteiger partial charge >= 0.3 is 6.03 Å². The van der Waals surface area contributed by atoms with Crippen LogP contribution in [-0.2, 0) is 9.53 Å². The normalized spacial score (nSPS) is 45.9. The van der Waals surface area contributed by atoms with Gasteiger partial charge < -0.3 is 25.2 Å². The molecule has 5 atom stereocenters. The van der Waals surface area contributed by atoms with Crippen molar-refractivity contribution in [3.63, 3.8) is 0 Å². The number of hydrogen-bond donors (Lipinski definition) is 6. The van der Waals surface area contributed by atoms with Crippen LogP contribution in [0.4, 0.5) is 4.79 Å². The molecule has 2 saturated heterocycles. The zero-order chi connectivity index (χ0) is 12.8. The zero-order valence-corrected chi connectivity index (χ0v) is 8.53. The standard InChI is InChI=1S/C8H12N2O7/c11-1-2-3(12)4(13)5(14)8(17-2)6(15)9-7(16)10-8/h2-5,11-14H,1H2,(H2,9,10,15,16)/t2-,3-,4+,5-,8+/m1/s1. The van der Waals surface area contributed by atoms with E-state index in [4.69, 9.17) is 9.84 Å². The minimum atomic E-state index is -2.18. The Hall–Kier alpha value is -1.26. The van der Waals surface area contributed by atoms with Gasteiger partial charge in [0.15, 0.2) is 0 Å². The number of hydrogen-bond acceptors (Lipinski definition) is 7. The molecule has 6 N–H and O–H groups in total. The molecule has 2 fully saturated rings. The maximum absolute atomic E-state index is 11.5. The fourth-order valence-electron chi connectivity index (χ4n) is 1.91. The molecule has 0 saturated carbocycles. The monoisotopic (exact) mass is 248 g/mol. The Labute approximate surface area is 95.0 Å². The van der Waals surface area contributed by atoms with E-state index >= 15 is 0 Å². The summed E-state index contributed by atoms with van der Waals surface area (Å²) in [6, 6.07) is -0.894. The summed E-state index contributed by atoms with van der Waals surface area (Å²) in [6.45, 7) is -0.685. The van der Waals surface area contributed by atoms with Crippen LogP contribution in [0, 0.1) is 0 Å². The minimum Gasteiger partial charge on any atom is -0.394 e. The van der Waals surface area contributed by atoms with Crippen molar-refractivity contribution in [3.8, 4) is 0 Å². The zero-order valence-electron chi connectivity index (χ0n) is 8.53. The SMILES string of the molecule is O=C1NC(=O)[C@@]2(N1)O[C@H](CO)[C@@H](O)[C@H](O)[C@H]2O. The van der Waals surface area contributed by atoms with Gasteiger partial charge in [0.2, 0.25) is 0 Å². The van der Waals surface area contributed by atoms with E-state index in [1.54, 1.807) is 0 Å². The van der Waals surface area contributed by atoms with Crippen LogP contribution in [0.3, 0.4) is 0 Å². The molecule has 0 aromatic carbocycles. The first kappa shape index (κ1) is 12.2. The van der Waals surface area contributed by atoms with Gasteiger partial charge in [0, 0.05) is 0 Å². The average Bonchev–Trinajstić information content (AvgIpc) is 2.57. The van der Waals surface area contributed by atoms with Gasteiger partial charge in [-0.05, 0) is 0 Å². The van der Waals surface area contributed by atoms with Crippen LogP contribution < -0.4 is 10.6 Å². The van der Waals surface area contributed by atoms with E-state index in [9.17, 15) is 24.9 Å². The molecule has 9 heteroatoms. The number of amides is 3. The smallest absolute Gasteiger partial charge is 0.324 e. The topological polar surface area (TPSA) is 148 Å². The first-order valence-corrected chi connectivity index (χ1v) is 4.89. The van der Waals surface area contributed by atoms with Crippen molar-refractivity contribution in [1.29, 1.82) is 0 Å². The highest BCUT2D eigenvalue weighted by Gasteiger charge is 2.61. The quantitative estimate of drug-likeness (QED) is 0.259. The molecule has 0 aromatic heterocycles. The van der Waals surface area contributed by atoms with Crippen molar-refractivity contribution in [3.05, 3.63) is 0 Å². The molecule has 2 aliphatic rings. The number of rotatable bonds is 1. The number of nitrogens with one attached hydrogen (secondary N) is 2. The molecule has 96 valence electrons. The molecule has 0 unspecified atom stereocenters. The lowest BCUT2D eigenvalue weighted by Crippen LogP contribution is -2.71. The first-order chi connectivity index (χ1) is 7.92. The summed E-state index contributed by atoms with van der Waals surface area (Å²) in [7, 11) is 0. The molecule has 0 aliphatic carbocycles. The summed E-state index contributed by atoms with van der Waals surface area (Å²) in [6.07, 6.45) is -6.43. The summed E-state index contributed by atoms with van der Waals surface area (Å²) in [4.78, 5) is 22.5. The summed E-state index contributed by atoms with van der Waals surface area (Å²) in [5.41, 5.74) is -2.18. The van der Waals surface area contributed by atoms with Gasteiger partial charge in [-0.3, -0.25) is 15.4 Å². The van der Waals surface area contributed by atoms with Crippen molar-refractivity contribution >= 4 is 11.9 Å². The highest BCUT2D eigenvalue weighted by Crippen LogP contribution is 2.30. The maximum atomic E-state index is 11.5. The molecule has 0 bridgehead atoms. The van der Waals surface area contributed by atoms with Crippen LogP contribution >= 0.6 is 0 Å². The second kappa shape index (κ2) is 3.89. The van der Waals surface area contributed by atoms with Crippen LogP contribution in [0.5, 0.6) is 0 Å². The Balaban J connectivity index is 2.34. The Morgan fingerprint density at radius 3 is 2.35 bits per heavy atom. The summed E-state index contributed by atoms with van der Waals surface area (Å²) in [5, 5.41) is 41.5. The van der Waals surface area contributed by atoms with Gasteiger partial charge in [-0.15, -0.1) is 0 Å². The molecular weight excluding hydrogens is 236 g/mol. The molecule has 1 spiro atoms. The fraction of sp³-hybridized carbons (Fsp3) is 0.750. The molecular formula is C8H12N2O7. The Morgan fingerprint density at radius 1 is 1.24 bits per heavy atom. The van der Waals surface area contributed by atoms with Crippen molar-refractivity contribution in [2.75, 3.05) is 6.61 Å². The third-order valence-electron chi connectivity index (χ3n) is 2.85. The minimum absolute atomic E-state index is 0.685. The number of ether oxygens (including phenoxy) is 1. The van der Waals surface area contributed by atoms with Crippen LogP contribution in [0.25, 0.3) is 0 Å². The lowest BCUT2D eigenvalue weighted by atomic mass is 9.90. The molecule has 0 radical (unpaired) electrons. The van der Waals surface area contributed by atoms with Gasteiger partial charge in [-0.1, -0.05) is 0 Å². The van der Waals surface area contributed by atoms with Crippen LogP contribution in [-0.4, -0.2) is 69.1 Å². The van der Waals surface area contributed by atoms with Crippen molar-refractivity contribution < 1.29 is 34.8 Å². The predicted molar refractivity (Wildman–Crippen MR) is 49.4 cm³/mol. The molecule has 2 rings (SSSR count). The molecule has 0 aromatic rings. The van der Waals surface area contributed by atoms with E-state index in [2.05, 4.69) is 0 Å². The number of carbonyl (C=O) groups excluding carboxylic acids is 2. The van der Waals surface area contributed by atoms with E-state index in [0.29, 0.717) is 0 Å². The second-order valence-corrected chi connectivity index (χ2v) is 3.91. The lowest BCUT2D eigenvalue weighted by molar-refractivity contribution is -0.267. The van der Waals surface area contributed by atoms with Crippen molar-refractivity contribution in [2.24, 2.45) is 0 Å². The number of aliphatic hydroxyl groups excluding tert-OH is 4. The number of imide groups is 1. The second-order valence-electron chi connectivity index (χ2n) is 3.91. The highest BCUT2D eigenvalue weighted by atomic mass is 16.6. The highest BCUT2D eigenvalue weighted by molar-refractivity contribution is 6.06. The fourth-order valence-corrected chi connectivity index (χ4v) is 1.91. The van der Waals surface area contributed by atoms with Gasteiger partial charge in [-0.25, -0.2) is 4.79 Å². The lowest BCUT2D eigenvalue weighted by Gasteiger charge is -2.44. The Kier molecular flexibility index (Phi) is 2.79. The summed E-state index contributed by atoms with van der Waals surface area (Å²) < 4.78 is 5.01. The molecule has 3 amide bonds. The van der Waals surface area contributed by atoms with Crippen molar-refractivity contribution in [1.82, 2.24) is 10.6 Å². The molecule has 2 aliphatic heterocycles. The van der Waals surface area contributed by atoms with Gasteiger partial charge in [-0.2, -0.15) is 0 Å². The van der Waals surface area contributed by atoms with E-state index < -0.39 is 48.7 Å². The third kappa shape index (κ3) is 1.59. The molecule has 17 heavy (non-hydrogen) atoms. The Bertz CT molecular complexity index is 360. The summed E-state index contributed by atoms with van der Waals surface area (Å²) >= 11 is 0. The first-order valence-electron chi connectivity index (χ1n) is 4.89. The number of urea groups is 1. The van der Waals surface area contributed by atoms with Gasteiger partial charge in [0.1, 0.15) is 24.4 Å². The third-order valence-corrected chi connectivity index (χ3v) is 2.85. The number of carbonyl (C=O) groups is 2. The van der Waals surface area contributed by atoms with E-state index in [-0.39, 0.29) is 0 Å². The predicted octanol–water partition coefficient (Wildman–Crippen LogP) is -4.00. The van der Waals surface area contributed by atoms with E-state index in [1.807, 2.05) is 10.6 Å².